The predicted molar refractivity (Wildman–Crippen MR) is 92.7 cm³/mol. The molecule has 1 aliphatic heterocycles. The van der Waals surface area contributed by atoms with Crippen molar-refractivity contribution in [3.05, 3.63) is 29.3 Å². The summed E-state index contributed by atoms with van der Waals surface area (Å²) in [5, 5.41) is 0. The molecule has 1 unspecified atom stereocenters. The van der Waals surface area contributed by atoms with Crippen molar-refractivity contribution in [1.82, 2.24) is 9.80 Å². The van der Waals surface area contributed by atoms with E-state index in [1.165, 1.54) is 0 Å². The average Bonchev–Trinajstić information content (AvgIpc) is 2.56. The molecule has 1 aromatic carbocycles. The molecule has 23 heavy (non-hydrogen) atoms. The quantitative estimate of drug-likeness (QED) is 0.864. The molecule has 0 bridgehead atoms. The Balaban J connectivity index is 1.88. The number of ether oxygens (including phenoxy) is 1. The molecule has 1 aliphatic rings. The summed E-state index contributed by atoms with van der Waals surface area (Å²) < 4.78 is 5.96. The third-order valence-corrected chi connectivity index (χ3v) is 4.41. The first kappa shape index (κ1) is 17.8. The molecule has 1 saturated heterocycles. The van der Waals surface area contributed by atoms with Crippen LogP contribution in [0.25, 0.3) is 0 Å². The lowest BCUT2D eigenvalue weighted by Crippen LogP contribution is -2.52. The Hall–Kier alpha value is -1.59. The molecule has 0 radical (unpaired) electrons. The molecule has 0 spiro atoms. The first-order valence-electron chi connectivity index (χ1n) is 8.47. The third kappa shape index (κ3) is 4.69. The number of hydrogen-bond acceptors (Lipinski definition) is 4. The molecule has 0 saturated carbocycles. The molecule has 5 heteroatoms. The SMILES string of the molecule is Cc1cccc(C)c1OC(C)C(=O)N1CCN(CCCN)CC1. The molecule has 1 aromatic rings. The largest absolute Gasteiger partial charge is 0.480 e. The van der Waals surface area contributed by atoms with E-state index < -0.39 is 6.10 Å². The van der Waals surface area contributed by atoms with Crippen LogP contribution in [0.15, 0.2) is 18.2 Å². The van der Waals surface area contributed by atoms with Crippen molar-refractivity contribution in [1.29, 1.82) is 0 Å². The fraction of sp³-hybridized carbons (Fsp3) is 0.611. The van der Waals surface area contributed by atoms with E-state index in [1.807, 2.05) is 43.9 Å². The van der Waals surface area contributed by atoms with E-state index in [0.29, 0.717) is 0 Å². The monoisotopic (exact) mass is 319 g/mol. The zero-order valence-electron chi connectivity index (χ0n) is 14.5. The minimum atomic E-state index is -0.453. The van der Waals surface area contributed by atoms with Crippen molar-refractivity contribution in [3.8, 4) is 5.75 Å². The number of carbonyl (C=O) groups is 1. The molecule has 1 atom stereocenters. The summed E-state index contributed by atoms with van der Waals surface area (Å²) in [6, 6.07) is 6.02. The van der Waals surface area contributed by atoms with Crippen molar-refractivity contribution >= 4 is 5.91 Å². The fourth-order valence-electron chi connectivity index (χ4n) is 2.98. The smallest absolute Gasteiger partial charge is 0.263 e. The Bertz CT molecular complexity index is 505. The molecule has 128 valence electrons. The summed E-state index contributed by atoms with van der Waals surface area (Å²) in [7, 11) is 0. The number of piperazine rings is 1. The number of rotatable bonds is 6. The van der Waals surface area contributed by atoms with Gasteiger partial charge in [0.25, 0.3) is 5.91 Å². The van der Waals surface area contributed by atoms with Gasteiger partial charge in [-0.15, -0.1) is 0 Å². The second-order valence-corrected chi connectivity index (χ2v) is 6.29. The maximum absolute atomic E-state index is 12.6. The van der Waals surface area contributed by atoms with Crippen molar-refractivity contribution in [2.24, 2.45) is 5.73 Å². The van der Waals surface area contributed by atoms with Crippen LogP contribution in [0.1, 0.15) is 24.5 Å². The zero-order valence-corrected chi connectivity index (χ0v) is 14.5. The molecule has 1 heterocycles. The number of benzene rings is 1. The molecule has 2 N–H and O–H groups in total. The first-order valence-corrected chi connectivity index (χ1v) is 8.47. The van der Waals surface area contributed by atoms with Crippen LogP contribution in [0.5, 0.6) is 5.75 Å². The highest BCUT2D eigenvalue weighted by Crippen LogP contribution is 2.24. The number of amides is 1. The van der Waals surface area contributed by atoms with Crippen molar-refractivity contribution < 1.29 is 9.53 Å². The summed E-state index contributed by atoms with van der Waals surface area (Å²) in [6.45, 7) is 11.0. The molecule has 2 rings (SSSR count). The summed E-state index contributed by atoms with van der Waals surface area (Å²) in [6.07, 6.45) is 0.561. The van der Waals surface area contributed by atoms with Gasteiger partial charge in [-0.2, -0.15) is 0 Å². The molecule has 0 aromatic heterocycles. The number of hydrogen-bond donors (Lipinski definition) is 1. The van der Waals surface area contributed by atoms with Gasteiger partial charge in [-0.25, -0.2) is 0 Å². The van der Waals surface area contributed by atoms with Gasteiger partial charge < -0.3 is 15.4 Å². The van der Waals surface area contributed by atoms with E-state index in [2.05, 4.69) is 4.90 Å². The second kappa shape index (κ2) is 8.31. The van der Waals surface area contributed by atoms with E-state index in [9.17, 15) is 4.79 Å². The van der Waals surface area contributed by atoms with Gasteiger partial charge in [-0.3, -0.25) is 9.69 Å². The van der Waals surface area contributed by atoms with E-state index in [4.69, 9.17) is 10.5 Å². The van der Waals surface area contributed by atoms with Crippen LogP contribution in [0, 0.1) is 13.8 Å². The predicted octanol–water partition coefficient (Wildman–Crippen LogP) is 1.56. The molecular weight excluding hydrogens is 290 g/mol. The average molecular weight is 319 g/mol. The Kier molecular flexibility index (Phi) is 6.42. The van der Waals surface area contributed by atoms with Crippen LogP contribution in [0.2, 0.25) is 0 Å². The number of nitrogens with zero attached hydrogens (tertiary/aromatic N) is 2. The maximum atomic E-state index is 12.6. The molecule has 1 amide bonds. The summed E-state index contributed by atoms with van der Waals surface area (Å²) >= 11 is 0. The van der Waals surface area contributed by atoms with Gasteiger partial charge in [0, 0.05) is 26.2 Å². The molecule has 0 aliphatic carbocycles. The highest BCUT2D eigenvalue weighted by Gasteiger charge is 2.26. The van der Waals surface area contributed by atoms with Gasteiger partial charge in [0.15, 0.2) is 6.10 Å². The second-order valence-electron chi connectivity index (χ2n) is 6.29. The Morgan fingerprint density at radius 3 is 2.39 bits per heavy atom. The fourth-order valence-corrected chi connectivity index (χ4v) is 2.98. The van der Waals surface area contributed by atoms with Crippen LogP contribution >= 0.6 is 0 Å². The number of para-hydroxylation sites is 1. The van der Waals surface area contributed by atoms with Gasteiger partial charge in [-0.1, -0.05) is 18.2 Å². The van der Waals surface area contributed by atoms with Gasteiger partial charge in [0.2, 0.25) is 0 Å². The van der Waals surface area contributed by atoms with Crippen molar-refractivity contribution in [3.63, 3.8) is 0 Å². The molecule has 1 fully saturated rings. The van der Waals surface area contributed by atoms with Gasteiger partial charge in [0.05, 0.1) is 0 Å². The Morgan fingerprint density at radius 1 is 1.22 bits per heavy atom. The third-order valence-electron chi connectivity index (χ3n) is 4.41. The standard InChI is InChI=1S/C18H29N3O2/c1-14-6-4-7-15(2)17(14)23-16(3)18(22)21-12-10-20(11-13-21)9-5-8-19/h4,6-7,16H,5,8-13,19H2,1-3H3. The summed E-state index contributed by atoms with van der Waals surface area (Å²) in [5.41, 5.74) is 7.68. The minimum Gasteiger partial charge on any atom is -0.480 e. The first-order chi connectivity index (χ1) is 11.0. The Morgan fingerprint density at radius 2 is 1.83 bits per heavy atom. The Labute approximate surface area is 139 Å². The zero-order chi connectivity index (χ0) is 16.8. The van der Waals surface area contributed by atoms with Crippen molar-refractivity contribution in [2.45, 2.75) is 33.3 Å². The van der Waals surface area contributed by atoms with E-state index >= 15 is 0 Å². The summed E-state index contributed by atoms with van der Waals surface area (Å²) in [4.78, 5) is 16.9. The lowest BCUT2D eigenvalue weighted by Gasteiger charge is -2.36. The topological polar surface area (TPSA) is 58.8 Å². The van der Waals surface area contributed by atoms with E-state index in [-0.39, 0.29) is 5.91 Å². The lowest BCUT2D eigenvalue weighted by molar-refractivity contribution is -0.139. The number of aryl methyl sites for hydroxylation is 2. The van der Waals surface area contributed by atoms with Gasteiger partial charge >= 0.3 is 0 Å². The summed E-state index contributed by atoms with van der Waals surface area (Å²) in [5.74, 6) is 0.904. The number of nitrogens with two attached hydrogens (primary N) is 1. The minimum absolute atomic E-state index is 0.0751. The van der Waals surface area contributed by atoms with Gasteiger partial charge in [0.1, 0.15) is 5.75 Å². The highest BCUT2D eigenvalue weighted by atomic mass is 16.5. The van der Waals surface area contributed by atoms with Crippen LogP contribution in [-0.2, 0) is 4.79 Å². The normalized spacial score (nSPS) is 17.1. The van der Waals surface area contributed by atoms with Gasteiger partial charge in [-0.05, 0) is 51.4 Å². The molecule has 5 nitrogen and oxygen atoms in total. The van der Waals surface area contributed by atoms with E-state index in [0.717, 1.165) is 62.6 Å². The number of carbonyl (C=O) groups excluding carboxylic acids is 1. The highest BCUT2D eigenvalue weighted by molar-refractivity contribution is 5.81. The molecular formula is C18H29N3O2. The van der Waals surface area contributed by atoms with Crippen LogP contribution < -0.4 is 10.5 Å². The van der Waals surface area contributed by atoms with Crippen molar-refractivity contribution in [2.75, 3.05) is 39.3 Å². The maximum Gasteiger partial charge on any atom is 0.263 e. The van der Waals surface area contributed by atoms with E-state index in [1.54, 1.807) is 0 Å². The van der Waals surface area contributed by atoms with Crippen LogP contribution in [-0.4, -0.2) is 61.1 Å². The lowest BCUT2D eigenvalue weighted by atomic mass is 10.1. The van der Waals surface area contributed by atoms with Crippen LogP contribution in [0.3, 0.4) is 0 Å². The van der Waals surface area contributed by atoms with Crippen LogP contribution in [0.4, 0.5) is 0 Å².